The van der Waals surface area contributed by atoms with Crippen molar-refractivity contribution in [1.29, 1.82) is 0 Å². The van der Waals surface area contributed by atoms with Gasteiger partial charge in [0.25, 0.3) is 0 Å². The lowest BCUT2D eigenvalue weighted by molar-refractivity contribution is 0.0566. The number of benzene rings is 1. The molecule has 4 heteroatoms. The zero-order valence-corrected chi connectivity index (χ0v) is 10.6. The van der Waals surface area contributed by atoms with E-state index < -0.39 is 5.60 Å². The third-order valence-corrected chi connectivity index (χ3v) is 3.07. The second-order valence-electron chi connectivity index (χ2n) is 4.63. The molecule has 0 aliphatic heterocycles. The van der Waals surface area contributed by atoms with Crippen LogP contribution in [0.5, 0.6) is 0 Å². The van der Waals surface area contributed by atoms with Gasteiger partial charge in [-0.05, 0) is 25.5 Å². The Bertz CT molecular complexity index is 534. The van der Waals surface area contributed by atoms with Gasteiger partial charge in [-0.3, -0.25) is 4.68 Å². The van der Waals surface area contributed by atoms with Crippen LogP contribution in [0.15, 0.2) is 36.7 Å². The van der Waals surface area contributed by atoms with E-state index in [0.717, 1.165) is 6.54 Å². The van der Waals surface area contributed by atoms with E-state index in [2.05, 4.69) is 5.10 Å². The van der Waals surface area contributed by atoms with Gasteiger partial charge in [0.1, 0.15) is 5.82 Å². The summed E-state index contributed by atoms with van der Waals surface area (Å²) in [5, 5.41) is 14.6. The van der Waals surface area contributed by atoms with Gasteiger partial charge in [0.05, 0.1) is 11.8 Å². The Kier molecular flexibility index (Phi) is 3.48. The molecule has 0 aliphatic carbocycles. The van der Waals surface area contributed by atoms with E-state index in [1.54, 1.807) is 42.2 Å². The van der Waals surface area contributed by atoms with Gasteiger partial charge in [-0.2, -0.15) is 5.10 Å². The van der Waals surface area contributed by atoms with Crippen molar-refractivity contribution in [3.8, 4) is 0 Å². The molecule has 1 unspecified atom stereocenters. The average molecular weight is 248 g/mol. The van der Waals surface area contributed by atoms with E-state index in [0.29, 0.717) is 11.1 Å². The fourth-order valence-corrected chi connectivity index (χ4v) is 1.93. The van der Waals surface area contributed by atoms with Gasteiger partial charge in [-0.1, -0.05) is 18.2 Å². The first kappa shape index (κ1) is 12.8. The maximum atomic E-state index is 13.6. The SMILES string of the molecule is CCn1cc(C(C)(O)Cc2ccccc2F)cn1. The molecule has 0 fully saturated rings. The smallest absolute Gasteiger partial charge is 0.126 e. The molecule has 1 atom stereocenters. The highest BCUT2D eigenvalue weighted by Crippen LogP contribution is 2.25. The Hall–Kier alpha value is -1.68. The lowest BCUT2D eigenvalue weighted by Gasteiger charge is -2.22. The highest BCUT2D eigenvalue weighted by Gasteiger charge is 2.26. The third-order valence-electron chi connectivity index (χ3n) is 3.07. The molecular formula is C14H17FN2O. The Balaban J connectivity index is 2.24. The highest BCUT2D eigenvalue weighted by molar-refractivity contribution is 5.23. The molecule has 18 heavy (non-hydrogen) atoms. The van der Waals surface area contributed by atoms with Crippen LogP contribution in [0.2, 0.25) is 0 Å². The Morgan fingerprint density at radius 1 is 1.39 bits per heavy atom. The Labute approximate surface area is 106 Å². The van der Waals surface area contributed by atoms with Crippen molar-refractivity contribution in [2.45, 2.75) is 32.4 Å². The van der Waals surface area contributed by atoms with Crippen LogP contribution in [0.4, 0.5) is 4.39 Å². The number of aromatic nitrogens is 2. The minimum atomic E-state index is -1.12. The summed E-state index contributed by atoms with van der Waals surface area (Å²) in [7, 11) is 0. The maximum Gasteiger partial charge on any atom is 0.126 e. The van der Waals surface area contributed by atoms with Crippen LogP contribution in [-0.2, 0) is 18.6 Å². The average Bonchev–Trinajstić information content (AvgIpc) is 2.81. The van der Waals surface area contributed by atoms with Gasteiger partial charge in [-0.15, -0.1) is 0 Å². The molecule has 0 saturated carbocycles. The maximum absolute atomic E-state index is 13.6. The molecule has 0 aliphatic rings. The number of nitrogens with zero attached hydrogens (tertiary/aromatic N) is 2. The summed E-state index contributed by atoms with van der Waals surface area (Å²) in [6.45, 7) is 4.40. The minimum Gasteiger partial charge on any atom is -0.385 e. The molecule has 1 aromatic carbocycles. The van der Waals surface area contributed by atoms with Gasteiger partial charge < -0.3 is 5.11 Å². The van der Waals surface area contributed by atoms with Gasteiger partial charge in [-0.25, -0.2) is 4.39 Å². The lowest BCUT2D eigenvalue weighted by atomic mass is 9.91. The van der Waals surface area contributed by atoms with Crippen molar-refractivity contribution < 1.29 is 9.50 Å². The van der Waals surface area contributed by atoms with Gasteiger partial charge in [0.2, 0.25) is 0 Å². The molecule has 2 aromatic rings. The van der Waals surface area contributed by atoms with Crippen molar-refractivity contribution in [3.05, 3.63) is 53.6 Å². The van der Waals surface area contributed by atoms with Gasteiger partial charge in [0.15, 0.2) is 0 Å². The molecule has 0 saturated heterocycles. The van der Waals surface area contributed by atoms with Crippen molar-refractivity contribution in [2.75, 3.05) is 0 Å². The molecule has 0 spiro atoms. The van der Waals surface area contributed by atoms with E-state index in [1.807, 2.05) is 6.92 Å². The van der Waals surface area contributed by atoms with Crippen LogP contribution in [0.3, 0.4) is 0 Å². The molecule has 3 nitrogen and oxygen atoms in total. The third kappa shape index (κ3) is 2.59. The normalized spacial score (nSPS) is 14.4. The van der Waals surface area contributed by atoms with Crippen LogP contribution >= 0.6 is 0 Å². The number of halogens is 1. The molecule has 1 N–H and O–H groups in total. The second-order valence-corrected chi connectivity index (χ2v) is 4.63. The summed E-state index contributed by atoms with van der Waals surface area (Å²) < 4.78 is 15.3. The number of aliphatic hydroxyl groups is 1. The summed E-state index contributed by atoms with van der Waals surface area (Å²) in [5.41, 5.74) is 0.0923. The number of rotatable bonds is 4. The summed E-state index contributed by atoms with van der Waals surface area (Å²) in [6, 6.07) is 6.50. The van der Waals surface area contributed by atoms with Crippen LogP contribution in [0, 0.1) is 5.82 Å². The van der Waals surface area contributed by atoms with Gasteiger partial charge in [0, 0.05) is 24.7 Å². The first-order valence-electron chi connectivity index (χ1n) is 6.01. The summed E-state index contributed by atoms with van der Waals surface area (Å²) in [6.07, 6.45) is 3.65. The Morgan fingerprint density at radius 2 is 2.11 bits per heavy atom. The van der Waals surface area contributed by atoms with E-state index in [4.69, 9.17) is 0 Å². The fraction of sp³-hybridized carbons (Fsp3) is 0.357. The van der Waals surface area contributed by atoms with E-state index >= 15 is 0 Å². The molecule has 0 radical (unpaired) electrons. The largest absolute Gasteiger partial charge is 0.385 e. The molecule has 2 rings (SSSR count). The quantitative estimate of drug-likeness (QED) is 0.902. The summed E-state index contributed by atoms with van der Waals surface area (Å²) in [4.78, 5) is 0. The number of aryl methyl sites for hydroxylation is 1. The van der Waals surface area contributed by atoms with E-state index in [9.17, 15) is 9.50 Å². The second kappa shape index (κ2) is 4.90. The molecule has 0 bridgehead atoms. The molecular weight excluding hydrogens is 231 g/mol. The van der Waals surface area contributed by atoms with Crippen LogP contribution in [0.1, 0.15) is 25.0 Å². The standard InChI is InChI=1S/C14H17FN2O/c1-3-17-10-12(9-16-17)14(2,18)8-11-6-4-5-7-13(11)15/h4-7,9-10,18H,3,8H2,1-2H3. The molecule has 0 amide bonds. The molecule has 1 heterocycles. The fourth-order valence-electron chi connectivity index (χ4n) is 1.93. The first-order chi connectivity index (χ1) is 8.53. The van der Waals surface area contributed by atoms with Crippen molar-refractivity contribution in [1.82, 2.24) is 9.78 Å². The lowest BCUT2D eigenvalue weighted by Crippen LogP contribution is -2.24. The van der Waals surface area contributed by atoms with E-state index in [-0.39, 0.29) is 12.2 Å². The van der Waals surface area contributed by atoms with Gasteiger partial charge >= 0.3 is 0 Å². The van der Waals surface area contributed by atoms with Crippen LogP contribution in [-0.4, -0.2) is 14.9 Å². The first-order valence-corrected chi connectivity index (χ1v) is 6.01. The van der Waals surface area contributed by atoms with Crippen molar-refractivity contribution >= 4 is 0 Å². The number of hydrogen-bond acceptors (Lipinski definition) is 2. The topological polar surface area (TPSA) is 38.0 Å². The van der Waals surface area contributed by atoms with Crippen molar-refractivity contribution in [3.63, 3.8) is 0 Å². The summed E-state index contributed by atoms with van der Waals surface area (Å²) in [5.74, 6) is -0.291. The monoisotopic (exact) mass is 248 g/mol. The zero-order chi connectivity index (χ0) is 13.2. The van der Waals surface area contributed by atoms with Crippen molar-refractivity contribution in [2.24, 2.45) is 0 Å². The van der Waals surface area contributed by atoms with E-state index in [1.165, 1.54) is 6.07 Å². The predicted octanol–water partition coefficient (Wildman–Crippen LogP) is 2.49. The summed E-state index contributed by atoms with van der Waals surface area (Å²) >= 11 is 0. The molecule has 96 valence electrons. The highest BCUT2D eigenvalue weighted by atomic mass is 19.1. The predicted molar refractivity (Wildman–Crippen MR) is 67.6 cm³/mol. The van der Waals surface area contributed by atoms with Crippen LogP contribution in [0.25, 0.3) is 0 Å². The molecule has 1 aromatic heterocycles. The van der Waals surface area contributed by atoms with Crippen LogP contribution < -0.4 is 0 Å². The zero-order valence-electron chi connectivity index (χ0n) is 10.6. The number of hydrogen-bond donors (Lipinski definition) is 1. The minimum absolute atomic E-state index is 0.231. The Morgan fingerprint density at radius 3 is 2.72 bits per heavy atom.